The lowest BCUT2D eigenvalue weighted by atomic mass is 10.1. The predicted molar refractivity (Wildman–Crippen MR) is 73.6 cm³/mol. The van der Waals surface area contributed by atoms with Gasteiger partial charge in [0.15, 0.2) is 0 Å². The van der Waals surface area contributed by atoms with Gasteiger partial charge in [0.05, 0.1) is 5.75 Å². The number of rotatable bonds is 10. The highest BCUT2D eigenvalue weighted by Crippen LogP contribution is 2.00. The van der Waals surface area contributed by atoms with Crippen LogP contribution in [0.2, 0.25) is 0 Å². The van der Waals surface area contributed by atoms with Gasteiger partial charge in [-0.05, 0) is 25.3 Å². The molecule has 104 valence electrons. The van der Waals surface area contributed by atoms with Crippen LogP contribution in [0.25, 0.3) is 0 Å². The average molecular weight is 264 g/mol. The van der Waals surface area contributed by atoms with Crippen LogP contribution in [-0.2, 0) is 10.0 Å². The van der Waals surface area contributed by atoms with Gasteiger partial charge in [0.25, 0.3) is 0 Å². The minimum absolute atomic E-state index is 0.239. The fraction of sp³-hybridized carbons (Fsp3) is 1.00. The van der Waals surface area contributed by atoms with E-state index in [9.17, 15) is 8.42 Å². The summed E-state index contributed by atoms with van der Waals surface area (Å²) >= 11 is 0. The van der Waals surface area contributed by atoms with E-state index in [1.807, 2.05) is 0 Å². The highest BCUT2D eigenvalue weighted by Gasteiger charge is 2.10. The molecule has 1 unspecified atom stereocenters. The Hall–Kier alpha value is -0.130. The topological polar surface area (TPSA) is 58.2 Å². The molecule has 4 nitrogen and oxygen atoms in total. The van der Waals surface area contributed by atoms with Crippen molar-refractivity contribution in [3.63, 3.8) is 0 Å². The Morgan fingerprint density at radius 3 is 2.29 bits per heavy atom. The van der Waals surface area contributed by atoms with Gasteiger partial charge in [0.2, 0.25) is 10.0 Å². The molecule has 0 heterocycles. The van der Waals surface area contributed by atoms with Gasteiger partial charge in [-0.2, -0.15) is 0 Å². The first-order valence-corrected chi connectivity index (χ1v) is 8.23. The lowest BCUT2D eigenvalue weighted by Crippen LogP contribution is -2.31. The van der Waals surface area contributed by atoms with Crippen molar-refractivity contribution in [1.82, 2.24) is 10.0 Å². The third kappa shape index (κ3) is 10.7. The standard InChI is InChI=1S/C12H28N2O2S/c1-5-12(4)10-14-17(15,16)9-7-6-8-13-11(2)3/h11-14H,5-10H2,1-4H3. The third-order valence-corrected chi connectivity index (χ3v) is 4.17. The van der Waals surface area contributed by atoms with E-state index < -0.39 is 10.0 Å². The molecule has 0 saturated carbocycles. The molecule has 0 aliphatic rings. The number of hydrogen-bond donors (Lipinski definition) is 2. The van der Waals surface area contributed by atoms with E-state index in [1.54, 1.807) is 0 Å². The van der Waals surface area contributed by atoms with Crippen LogP contribution in [0.3, 0.4) is 0 Å². The molecule has 0 aromatic heterocycles. The molecule has 0 aliphatic heterocycles. The zero-order chi connectivity index (χ0) is 13.3. The van der Waals surface area contributed by atoms with Gasteiger partial charge in [-0.15, -0.1) is 0 Å². The van der Waals surface area contributed by atoms with E-state index >= 15 is 0 Å². The second-order valence-electron chi connectivity index (χ2n) is 5.00. The summed E-state index contributed by atoms with van der Waals surface area (Å²) in [6, 6.07) is 0.468. The molecule has 0 aromatic carbocycles. The first kappa shape index (κ1) is 16.9. The summed E-state index contributed by atoms with van der Waals surface area (Å²) in [7, 11) is -3.07. The van der Waals surface area contributed by atoms with E-state index in [4.69, 9.17) is 0 Å². The van der Waals surface area contributed by atoms with Crippen LogP contribution in [0.5, 0.6) is 0 Å². The summed E-state index contributed by atoms with van der Waals surface area (Å²) in [6.45, 7) is 9.74. The van der Waals surface area contributed by atoms with Crippen molar-refractivity contribution in [2.24, 2.45) is 5.92 Å². The number of hydrogen-bond acceptors (Lipinski definition) is 3. The summed E-state index contributed by atoms with van der Waals surface area (Å²) in [4.78, 5) is 0. The van der Waals surface area contributed by atoms with Crippen molar-refractivity contribution in [2.75, 3.05) is 18.8 Å². The molecule has 0 saturated heterocycles. The minimum atomic E-state index is -3.07. The van der Waals surface area contributed by atoms with Crippen molar-refractivity contribution in [2.45, 2.75) is 53.0 Å². The van der Waals surface area contributed by atoms with Crippen LogP contribution in [0.4, 0.5) is 0 Å². The van der Waals surface area contributed by atoms with Crippen molar-refractivity contribution in [3.8, 4) is 0 Å². The molecule has 0 aromatic rings. The zero-order valence-corrected chi connectivity index (χ0v) is 12.4. The first-order chi connectivity index (χ1) is 7.87. The molecule has 5 heteroatoms. The summed E-state index contributed by atoms with van der Waals surface area (Å²) < 4.78 is 25.9. The van der Waals surface area contributed by atoms with Crippen LogP contribution < -0.4 is 10.0 Å². The quantitative estimate of drug-likeness (QED) is 0.591. The fourth-order valence-corrected chi connectivity index (χ4v) is 2.56. The van der Waals surface area contributed by atoms with Crippen molar-refractivity contribution >= 4 is 10.0 Å². The van der Waals surface area contributed by atoms with Gasteiger partial charge in [-0.25, -0.2) is 13.1 Å². The predicted octanol–water partition coefficient (Wildman–Crippen LogP) is 1.73. The summed E-state index contributed by atoms with van der Waals surface area (Å²) in [5.41, 5.74) is 0. The van der Waals surface area contributed by atoms with Gasteiger partial charge in [0.1, 0.15) is 0 Å². The van der Waals surface area contributed by atoms with Gasteiger partial charge >= 0.3 is 0 Å². The molecule has 0 spiro atoms. The maximum absolute atomic E-state index is 11.6. The van der Waals surface area contributed by atoms with Crippen molar-refractivity contribution in [3.05, 3.63) is 0 Å². The molecule has 0 rings (SSSR count). The summed E-state index contributed by atoms with van der Waals surface area (Å²) in [6.07, 6.45) is 2.62. The lowest BCUT2D eigenvalue weighted by Gasteiger charge is -2.11. The molecule has 0 amide bonds. The van der Waals surface area contributed by atoms with E-state index in [0.29, 0.717) is 18.5 Å². The smallest absolute Gasteiger partial charge is 0.211 e. The maximum Gasteiger partial charge on any atom is 0.211 e. The molecular formula is C12H28N2O2S. The van der Waals surface area contributed by atoms with E-state index in [1.165, 1.54) is 0 Å². The number of unbranched alkanes of at least 4 members (excludes halogenated alkanes) is 1. The monoisotopic (exact) mass is 264 g/mol. The first-order valence-electron chi connectivity index (χ1n) is 6.58. The summed E-state index contributed by atoms with van der Waals surface area (Å²) in [5.74, 6) is 0.649. The highest BCUT2D eigenvalue weighted by atomic mass is 32.2. The van der Waals surface area contributed by atoms with Gasteiger partial charge < -0.3 is 5.32 Å². The Bertz CT molecular complexity index is 276. The van der Waals surface area contributed by atoms with Gasteiger partial charge in [0, 0.05) is 12.6 Å². The van der Waals surface area contributed by atoms with E-state index in [-0.39, 0.29) is 5.75 Å². The molecule has 1 atom stereocenters. The number of nitrogens with one attached hydrogen (secondary N) is 2. The number of sulfonamides is 1. The van der Waals surface area contributed by atoms with E-state index in [0.717, 1.165) is 25.8 Å². The Morgan fingerprint density at radius 1 is 1.12 bits per heavy atom. The van der Waals surface area contributed by atoms with E-state index in [2.05, 4.69) is 37.7 Å². The average Bonchev–Trinajstić information content (AvgIpc) is 2.25. The Balaban J connectivity index is 3.64. The summed E-state index contributed by atoms with van der Waals surface area (Å²) in [5, 5.41) is 3.28. The maximum atomic E-state index is 11.6. The van der Waals surface area contributed by atoms with Gasteiger partial charge in [-0.1, -0.05) is 34.1 Å². The molecule has 2 N–H and O–H groups in total. The molecule has 0 fully saturated rings. The second kappa shape index (κ2) is 8.89. The molecular weight excluding hydrogens is 236 g/mol. The normalized spacial score (nSPS) is 14.2. The third-order valence-electron chi connectivity index (χ3n) is 2.74. The molecule has 0 bridgehead atoms. The lowest BCUT2D eigenvalue weighted by molar-refractivity contribution is 0.524. The Kier molecular flexibility index (Phi) is 8.82. The molecule has 17 heavy (non-hydrogen) atoms. The largest absolute Gasteiger partial charge is 0.315 e. The molecule has 0 aliphatic carbocycles. The van der Waals surface area contributed by atoms with Crippen molar-refractivity contribution < 1.29 is 8.42 Å². The highest BCUT2D eigenvalue weighted by molar-refractivity contribution is 7.89. The molecule has 0 radical (unpaired) electrons. The van der Waals surface area contributed by atoms with Crippen LogP contribution in [0.1, 0.15) is 47.0 Å². The Labute approximate surface area is 107 Å². The van der Waals surface area contributed by atoms with Crippen LogP contribution in [0, 0.1) is 5.92 Å². The Morgan fingerprint density at radius 2 is 1.76 bits per heavy atom. The minimum Gasteiger partial charge on any atom is -0.315 e. The van der Waals surface area contributed by atoms with Crippen LogP contribution in [0.15, 0.2) is 0 Å². The van der Waals surface area contributed by atoms with Crippen LogP contribution in [-0.4, -0.2) is 33.3 Å². The SMILES string of the molecule is CCC(C)CNS(=O)(=O)CCCCNC(C)C. The fourth-order valence-electron chi connectivity index (χ4n) is 1.29. The van der Waals surface area contributed by atoms with Crippen molar-refractivity contribution in [1.29, 1.82) is 0 Å². The zero-order valence-electron chi connectivity index (χ0n) is 11.6. The van der Waals surface area contributed by atoms with Crippen LogP contribution >= 0.6 is 0 Å². The van der Waals surface area contributed by atoms with Gasteiger partial charge in [-0.3, -0.25) is 0 Å². The second-order valence-corrected chi connectivity index (χ2v) is 6.92.